The molecule has 22 heavy (non-hydrogen) atoms. The summed E-state index contributed by atoms with van der Waals surface area (Å²) in [7, 11) is -3.07. The van der Waals surface area contributed by atoms with E-state index in [1.807, 2.05) is 25.1 Å². The average Bonchev–Trinajstić information content (AvgIpc) is 2.46. The summed E-state index contributed by atoms with van der Waals surface area (Å²) in [6, 6.07) is 10.3. The van der Waals surface area contributed by atoms with Crippen molar-refractivity contribution in [2.45, 2.75) is 13.5 Å². The van der Waals surface area contributed by atoms with Crippen molar-refractivity contribution in [3.63, 3.8) is 0 Å². The molecule has 1 aromatic carbocycles. The van der Waals surface area contributed by atoms with Crippen molar-refractivity contribution in [1.29, 1.82) is 0 Å². The van der Waals surface area contributed by atoms with Crippen LogP contribution in [0.4, 0.5) is 0 Å². The summed E-state index contributed by atoms with van der Waals surface area (Å²) in [5, 5.41) is 1.18. The summed E-state index contributed by atoms with van der Waals surface area (Å²) >= 11 is 0. The quantitative estimate of drug-likeness (QED) is 0.863. The zero-order valence-corrected chi connectivity index (χ0v) is 13.8. The monoisotopic (exact) mass is 319 g/mol. The molecule has 5 nitrogen and oxygen atoms in total. The zero-order valence-electron chi connectivity index (χ0n) is 13.0. The van der Waals surface area contributed by atoms with Gasteiger partial charge in [0.1, 0.15) is 0 Å². The Balaban J connectivity index is 1.78. The number of hydrogen-bond acceptors (Lipinski definition) is 4. The molecule has 0 unspecified atom stereocenters. The highest BCUT2D eigenvalue weighted by atomic mass is 32.2. The number of aromatic nitrogens is 1. The van der Waals surface area contributed by atoms with Gasteiger partial charge in [0.15, 0.2) is 0 Å². The minimum absolute atomic E-state index is 0.570. The zero-order chi connectivity index (χ0) is 15.7. The van der Waals surface area contributed by atoms with Gasteiger partial charge >= 0.3 is 0 Å². The molecule has 0 atom stereocenters. The summed E-state index contributed by atoms with van der Waals surface area (Å²) in [5.41, 5.74) is 3.30. The summed E-state index contributed by atoms with van der Waals surface area (Å²) in [6.45, 7) is 5.52. The number of para-hydroxylation sites is 1. The normalized spacial score (nSPS) is 17.9. The Morgan fingerprint density at radius 2 is 1.82 bits per heavy atom. The van der Waals surface area contributed by atoms with Crippen LogP contribution in [0.1, 0.15) is 11.3 Å². The molecule has 0 aliphatic carbocycles. The van der Waals surface area contributed by atoms with Crippen molar-refractivity contribution in [3.8, 4) is 0 Å². The number of piperazine rings is 1. The third-order valence-corrected chi connectivity index (χ3v) is 5.43. The van der Waals surface area contributed by atoms with Crippen molar-refractivity contribution in [2.75, 3.05) is 32.4 Å². The van der Waals surface area contributed by atoms with Gasteiger partial charge in [-0.25, -0.2) is 8.42 Å². The first-order chi connectivity index (χ1) is 10.4. The smallest absolute Gasteiger partial charge is 0.211 e. The fraction of sp³-hybridized carbons (Fsp3) is 0.438. The number of benzene rings is 1. The van der Waals surface area contributed by atoms with E-state index < -0.39 is 10.0 Å². The van der Waals surface area contributed by atoms with Gasteiger partial charge in [-0.2, -0.15) is 4.31 Å². The van der Waals surface area contributed by atoms with Crippen LogP contribution in [-0.2, 0) is 16.6 Å². The second-order valence-electron chi connectivity index (χ2n) is 5.88. The molecule has 1 aromatic heterocycles. The van der Waals surface area contributed by atoms with Gasteiger partial charge in [-0.1, -0.05) is 18.2 Å². The van der Waals surface area contributed by atoms with Crippen molar-refractivity contribution >= 4 is 20.9 Å². The summed E-state index contributed by atoms with van der Waals surface area (Å²) in [4.78, 5) is 6.88. The van der Waals surface area contributed by atoms with Gasteiger partial charge in [0.05, 0.1) is 11.8 Å². The molecule has 1 fully saturated rings. The van der Waals surface area contributed by atoms with Gasteiger partial charge < -0.3 is 0 Å². The Morgan fingerprint density at radius 3 is 2.50 bits per heavy atom. The molecular weight excluding hydrogens is 298 g/mol. The van der Waals surface area contributed by atoms with Crippen LogP contribution in [0.3, 0.4) is 0 Å². The maximum atomic E-state index is 11.6. The summed E-state index contributed by atoms with van der Waals surface area (Å²) < 4.78 is 24.7. The van der Waals surface area contributed by atoms with Gasteiger partial charge in [0.2, 0.25) is 10.0 Å². The first-order valence-electron chi connectivity index (χ1n) is 7.46. The molecule has 2 heterocycles. The molecule has 2 aromatic rings. The van der Waals surface area contributed by atoms with Crippen LogP contribution in [0.5, 0.6) is 0 Å². The highest BCUT2D eigenvalue weighted by Crippen LogP contribution is 2.20. The predicted octanol–water partition coefficient (Wildman–Crippen LogP) is 1.62. The number of rotatable bonds is 3. The lowest BCUT2D eigenvalue weighted by Crippen LogP contribution is -2.47. The van der Waals surface area contributed by atoms with E-state index in [2.05, 4.69) is 22.0 Å². The van der Waals surface area contributed by atoms with E-state index in [0.29, 0.717) is 13.1 Å². The van der Waals surface area contributed by atoms with Crippen molar-refractivity contribution < 1.29 is 8.42 Å². The van der Waals surface area contributed by atoms with E-state index in [0.717, 1.165) is 30.8 Å². The van der Waals surface area contributed by atoms with Crippen LogP contribution in [0.15, 0.2) is 30.3 Å². The first-order valence-corrected chi connectivity index (χ1v) is 9.31. The van der Waals surface area contributed by atoms with Gasteiger partial charge in [0.25, 0.3) is 0 Å². The summed E-state index contributed by atoms with van der Waals surface area (Å²) in [6.07, 6.45) is 1.28. The van der Waals surface area contributed by atoms with Crippen molar-refractivity contribution in [2.24, 2.45) is 0 Å². The number of pyridine rings is 1. The van der Waals surface area contributed by atoms with Gasteiger partial charge in [0, 0.05) is 43.8 Å². The lowest BCUT2D eigenvalue weighted by atomic mass is 10.1. The summed E-state index contributed by atoms with van der Waals surface area (Å²) in [5.74, 6) is 0. The Labute approximate surface area is 131 Å². The van der Waals surface area contributed by atoms with Gasteiger partial charge in [-0.3, -0.25) is 9.88 Å². The van der Waals surface area contributed by atoms with Crippen LogP contribution < -0.4 is 0 Å². The first kappa shape index (κ1) is 15.4. The van der Waals surface area contributed by atoms with E-state index >= 15 is 0 Å². The molecule has 0 spiro atoms. The maximum Gasteiger partial charge on any atom is 0.211 e. The van der Waals surface area contributed by atoms with Crippen LogP contribution in [-0.4, -0.2) is 55.0 Å². The molecule has 1 aliphatic rings. The number of fused-ring (bicyclic) bond motifs is 1. The molecule has 118 valence electrons. The SMILES string of the molecule is Cc1cc(CN2CCN(S(C)(=O)=O)CC2)c2ccccc2n1. The highest BCUT2D eigenvalue weighted by molar-refractivity contribution is 7.88. The number of aryl methyl sites for hydroxylation is 1. The number of nitrogens with zero attached hydrogens (tertiary/aromatic N) is 3. The predicted molar refractivity (Wildman–Crippen MR) is 88.2 cm³/mol. The second kappa shape index (κ2) is 5.95. The maximum absolute atomic E-state index is 11.6. The van der Waals surface area contributed by atoms with E-state index in [1.165, 1.54) is 17.2 Å². The molecule has 1 saturated heterocycles. The Kier molecular flexibility index (Phi) is 4.16. The molecule has 0 amide bonds. The Morgan fingerprint density at radius 1 is 1.14 bits per heavy atom. The number of hydrogen-bond donors (Lipinski definition) is 0. The molecule has 6 heteroatoms. The fourth-order valence-corrected chi connectivity index (χ4v) is 3.81. The van der Waals surface area contributed by atoms with Gasteiger partial charge in [-0.15, -0.1) is 0 Å². The van der Waals surface area contributed by atoms with Crippen LogP contribution >= 0.6 is 0 Å². The van der Waals surface area contributed by atoms with E-state index in [-0.39, 0.29) is 0 Å². The molecule has 1 aliphatic heterocycles. The van der Waals surface area contributed by atoms with Crippen molar-refractivity contribution in [1.82, 2.24) is 14.2 Å². The minimum Gasteiger partial charge on any atom is -0.296 e. The topological polar surface area (TPSA) is 53.5 Å². The Hall–Kier alpha value is -1.50. The van der Waals surface area contributed by atoms with E-state index in [1.54, 1.807) is 4.31 Å². The fourth-order valence-electron chi connectivity index (χ4n) is 2.99. The van der Waals surface area contributed by atoms with Gasteiger partial charge in [-0.05, 0) is 24.6 Å². The number of sulfonamides is 1. The van der Waals surface area contributed by atoms with E-state index in [9.17, 15) is 8.42 Å². The second-order valence-corrected chi connectivity index (χ2v) is 7.86. The highest BCUT2D eigenvalue weighted by Gasteiger charge is 2.23. The average molecular weight is 319 g/mol. The van der Waals surface area contributed by atoms with Crippen LogP contribution in [0, 0.1) is 6.92 Å². The molecule has 0 saturated carbocycles. The minimum atomic E-state index is -3.07. The van der Waals surface area contributed by atoms with Crippen LogP contribution in [0.2, 0.25) is 0 Å². The lowest BCUT2D eigenvalue weighted by molar-refractivity contribution is 0.182. The third kappa shape index (κ3) is 3.29. The standard InChI is InChI=1S/C16H21N3O2S/c1-13-11-14(15-5-3-4-6-16(15)17-13)12-18-7-9-19(10-8-18)22(2,20)21/h3-6,11H,7-10,12H2,1-2H3. The van der Waals surface area contributed by atoms with E-state index in [4.69, 9.17) is 0 Å². The van der Waals surface area contributed by atoms with Crippen LogP contribution in [0.25, 0.3) is 10.9 Å². The largest absolute Gasteiger partial charge is 0.296 e. The molecule has 0 N–H and O–H groups in total. The molecule has 0 radical (unpaired) electrons. The molecular formula is C16H21N3O2S. The molecule has 3 rings (SSSR count). The third-order valence-electron chi connectivity index (χ3n) is 4.12. The Bertz CT molecular complexity index is 781. The lowest BCUT2D eigenvalue weighted by Gasteiger charge is -2.33. The molecule has 0 bridgehead atoms. The van der Waals surface area contributed by atoms with Crippen molar-refractivity contribution in [3.05, 3.63) is 41.6 Å².